The number of aliphatic carboxylic acids is 1. The summed E-state index contributed by atoms with van der Waals surface area (Å²) in [4.78, 5) is 22.5. The van der Waals surface area contributed by atoms with Gasteiger partial charge in [0.15, 0.2) is 0 Å². The summed E-state index contributed by atoms with van der Waals surface area (Å²) in [7, 11) is 0. The van der Waals surface area contributed by atoms with Gasteiger partial charge in [-0.3, -0.25) is 9.59 Å². The summed E-state index contributed by atoms with van der Waals surface area (Å²) in [6.07, 6.45) is 2.13. The maximum absolute atomic E-state index is 11.8. The molecular formula is C11H19NO3S. The minimum atomic E-state index is -0.916. The zero-order valence-corrected chi connectivity index (χ0v) is 10.5. The van der Waals surface area contributed by atoms with Crippen molar-refractivity contribution in [3.63, 3.8) is 0 Å². The molecule has 1 heterocycles. The van der Waals surface area contributed by atoms with Gasteiger partial charge in [-0.05, 0) is 18.6 Å². The maximum atomic E-state index is 11.8. The molecule has 0 spiro atoms. The van der Waals surface area contributed by atoms with E-state index in [-0.39, 0.29) is 11.9 Å². The first-order valence-electron chi connectivity index (χ1n) is 5.63. The van der Waals surface area contributed by atoms with Crippen LogP contribution in [0.3, 0.4) is 0 Å². The molecule has 0 aliphatic carbocycles. The van der Waals surface area contributed by atoms with Crippen molar-refractivity contribution in [1.82, 2.24) is 5.32 Å². The average Bonchev–Trinajstić information content (AvgIpc) is 2.28. The van der Waals surface area contributed by atoms with Gasteiger partial charge in [-0.2, -0.15) is 11.8 Å². The molecule has 0 aromatic rings. The lowest BCUT2D eigenvalue weighted by atomic mass is 9.95. The van der Waals surface area contributed by atoms with Gasteiger partial charge in [-0.15, -0.1) is 0 Å². The molecule has 1 rings (SSSR count). The highest BCUT2D eigenvalue weighted by Gasteiger charge is 2.27. The van der Waals surface area contributed by atoms with E-state index in [0.717, 1.165) is 24.3 Å². The molecule has 1 aliphatic heterocycles. The van der Waals surface area contributed by atoms with Gasteiger partial charge in [0.2, 0.25) is 5.91 Å². The highest BCUT2D eigenvalue weighted by atomic mass is 32.2. The molecule has 0 aromatic carbocycles. The van der Waals surface area contributed by atoms with E-state index in [1.165, 1.54) is 0 Å². The Morgan fingerprint density at radius 3 is 2.56 bits per heavy atom. The first-order valence-corrected chi connectivity index (χ1v) is 6.78. The van der Waals surface area contributed by atoms with Gasteiger partial charge in [0.1, 0.15) is 0 Å². The maximum Gasteiger partial charge on any atom is 0.307 e. The molecule has 4 nitrogen and oxygen atoms in total. The first-order chi connectivity index (χ1) is 7.52. The summed E-state index contributed by atoms with van der Waals surface area (Å²) in [5.74, 6) is -0.0448. The molecule has 2 N–H and O–H groups in total. The fourth-order valence-corrected chi connectivity index (χ4v) is 2.70. The predicted octanol–water partition coefficient (Wildman–Crippen LogP) is 1.35. The van der Waals surface area contributed by atoms with Crippen LogP contribution >= 0.6 is 11.8 Å². The van der Waals surface area contributed by atoms with E-state index in [4.69, 9.17) is 5.11 Å². The van der Waals surface area contributed by atoms with Crippen LogP contribution < -0.4 is 5.32 Å². The van der Waals surface area contributed by atoms with Crippen molar-refractivity contribution >= 4 is 23.6 Å². The Labute approximate surface area is 100 Å². The molecule has 3 atom stereocenters. The van der Waals surface area contributed by atoms with E-state index in [9.17, 15) is 9.59 Å². The topological polar surface area (TPSA) is 66.4 Å². The molecule has 0 radical (unpaired) electrons. The van der Waals surface area contributed by atoms with Gasteiger partial charge in [0, 0.05) is 17.7 Å². The van der Waals surface area contributed by atoms with Crippen molar-refractivity contribution in [2.24, 2.45) is 11.8 Å². The number of carbonyl (C=O) groups is 2. The Balaban J connectivity index is 2.41. The normalized spacial score (nSPS) is 24.5. The molecule has 1 saturated heterocycles. The van der Waals surface area contributed by atoms with Crippen LogP contribution in [-0.2, 0) is 9.59 Å². The summed E-state index contributed by atoms with van der Waals surface area (Å²) in [6.45, 7) is 3.24. The van der Waals surface area contributed by atoms with Crippen molar-refractivity contribution in [1.29, 1.82) is 0 Å². The van der Waals surface area contributed by atoms with Crippen LogP contribution in [0.15, 0.2) is 0 Å². The molecule has 16 heavy (non-hydrogen) atoms. The summed E-state index contributed by atoms with van der Waals surface area (Å²) in [5.41, 5.74) is 0. The van der Waals surface area contributed by atoms with Gasteiger partial charge in [-0.25, -0.2) is 0 Å². The van der Waals surface area contributed by atoms with Gasteiger partial charge in [0.05, 0.1) is 5.92 Å². The van der Waals surface area contributed by atoms with Crippen LogP contribution in [0, 0.1) is 11.8 Å². The third kappa shape index (κ3) is 3.70. The number of hydrogen-bond donors (Lipinski definition) is 2. The Morgan fingerprint density at radius 1 is 1.38 bits per heavy atom. The number of hydrogen-bond acceptors (Lipinski definition) is 3. The van der Waals surface area contributed by atoms with Gasteiger partial charge in [-0.1, -0.05) is 13.8 Å². The molecule has 1 amide bonds. The van der Waals surface area contributed by atoms with Crippen LogP contribution in [-0.4, -0.2) is 34.5 Å². The van der Waals surface area contributed by atoms with E-state index >= 15 is 0 Å². The lowest BCUT2D eigenvalue weighted by molar-refractivity contribution is -0.146. The highest BCUT2D eigenvalue weighted by Crippen LogP contribution is 2.18. The van der Waals surface area contributed by atoms with Crippen molar-refractivity contribution in [3.8, 4) is 0 Å². The lowest BCUT2D eigenvalue weighted by Gasteiger charge is -2.25. The van der Waals surface area contributed by atoms with Gasteiger partial charge in [0.25, 0.3) is 0 Å². The van der Waals surface area contributed by atoms with E-state index in [2.05, 4.69) is 5.32 Å². The van der Waals surface area contributed by atoms with Crippen LogP contribution in [0.25, 0.3) is 0 Å². The molecule has 0 saturated carbocycles. The number of carboxylic acid groups (broad SMARTS) is 1. The molecular weight excluding hydrogens is 226 g/mol. The van der Waals surface area contributed by atoms with Crippen LogP contribution in [0.1, 0.15) is 26.7 Å². The fourth-order valence-electron chi connectivity index (χ4n) is 1.63. The van der Waals surface area contributed by atoms with Crippen molar-refractivity contribution < 1.29 is 14.7 Å². The van der Waals surface area contributed by atoms with Gasteiger partial charge < -0.3 is 10.4 Å². The Bertz CT molecular complexity index is 264. The molecule has 3 unspecified atom stereocenters. The third-order valence-corrected chi connectivity index (χ3v) is 4.28. The largest absolute Gasteiger partial charge is 0.481 e. The summed E-state index contributed by atoms with van der Waals surface area (Å²) in [5, 5.41) is 11.8. The second kappa shape index (κ2) is 6.13. The monoisotopic (exact) mass is 245 g/mol. The fraction of sp³-hybridized carbons (Fsp3) is 0.818. The third-order valence-electron chi connectivity index (χ3n) is 3.06. The quantitative estimate of drug-likeness (QED) is 0.784. The van der Waals surface area contributed by atoms with Gasteiger partial charge >= 0.3 is 5.97 Å². The van der Waals surface area contributed by atoms with E-state index in [1.807, 2.05) is 11.8 Å². The van der Waals surface area contributed by atoms with Crippen molar-refractivity contribution in [2.75, 3.05) is 11.5 Å². The average molecular weight is 245 g/mol. The van der Waals surface area contributed by atoms with E-state index < -0.39 is 17.8 Å². The number of carboxylic acids is 1. The standard InChI is InChI=1S/C11H19NO3S/c1-7(8(2)11(14)15)10(13)12-9-4-3-5-16-6-9/h7-9H,3-6H2,1-2H3,(H,12,13)(H,14,15). The first kappa shape index (κ1) is 13.4. The SMILES string of the molecule is CC(C(=O)O)C(C)C(=O)NC1CCCSC1. The number of rotatable bonds is 4. The molecule has 1 fully saturated rings. The predicted molar refractivity (Wildman–Crippen MR) is 64.5 cm³/mol. The summed E-state index contributed by atoms with van der Waals surface area (Å²) >= 11 is 1.84. The lowest BCUT2D eigenvalue weighted by Crippen LogP contribution is -2.43. The number of amides is 1. The minimum Gasteiger partial charge on any atom is -0.481 e. The molecule has 0 bridgehead atoms. The number of nitrogens with one attached hydrogen (secondary N) is 1. The number of carbonyl (C=O) groups excluding carboxylic acids is 1. The van der Waals surface area contributed by atoms with Crippen molar-refractivity contribution in [3.05, 3.63) is 0 Å². The highest BCUT2D eigenvalue weighted by molar-refractivity contribution is 7.99. The van der Waals surface area contributed by atoms with E-state index in [1.54, 1.807) is 13.8 Å². The molecule has 1 aliphatic rings. The minimum absolute atomic E-state index is 0.137. The zero-order chi connectivity index (χ0) is 12.1. The molecule has 5 heteroatoms. The Kier molecular flexibility index (Phi) is 5.12. The van der Waals surface area contributed by atoms with Crippen LogP contribution in [0.4, 0.5) is 0 Å². The van der Waals surface area contributed by atoms with Crippen LogP contribution in [0.2, 0.25) is 0 Å². The van der Waals surface area contributed by atoms with Crippen molar-refractivity contribution in [2.45, 2.75) is 32.7 Å². The Morgan fingerprint density at radius 2 is 2.06 bits per heavy atom. The number of thioether (sulfide) groups is 1. The zero-order valence-electron chi connectivity index (χ0n) is 9.73. The Hall–Kier alpha value is -0.710. The second-order valence-corrected chi connectivity index (χ2v) is 5.49. The summed E-state index contributed by atoms with van der Waals surface area (Å²) < 4.78 is 0. The molecule has 92 valence electrons. The summed E-state index contributed by atoms with van der Waals surface area (Å²) in [6, 6.07) is 0.217. The molecule has 0 aromatic heterocycles. The van der Waals surface area contributed by atoms with Crippen LogP contribution in [0.5, 0.6) is 0 Å². The smallest absolute Gasteiger partial charge is 0.307 e. The second-order valence-electron chi connectivity index (χ2n) is 4.34. The van der Waals surface area contributed by atoms with E-state index in [0.29, 0.717) is 0 Å².